The summed E-state index contributed by atoms with van der Waals surface area (Å²) in [5, 5.41) is 4.02. The molecule has 1 aromatic carbocycles. The highest BCUT2D eigenvalue weighted by molar-refractivity contribution is 5.89. The Balaban J connectivity index is 2.30. The molecule has 0 spiro atoms. The van der Waals surface area contributed by atoms with Crippen LogP contribution in [0.1, 0.15) is 22.6 Å². The third kappa shape index (κ3) is 2.55. The van der Waals surface area contributed by atoms with Gasteiger partial charge in [-0.3, -0.25) is 0 Å². The summed E-state index contributed by atoms with van der Waals surface area (Å²) in [6, 6.07) is 5.43. The van der Waals surface area contributed by atoms with Crippen molar-refractivity contribution in [3.05, 3.63) is 40.8 Å². The van der Waals surface area contributed by atoms with Gasteiger partial charge in [0, 0.05) is 0 Å². The third-order valence-corrected chi connectivity index (χ3v) is 3.60. The van der Waals surface area contributed by atoms with Gasteiger partial charge in [-0.25, -0.2) is 19.0 Å². The number of aromatic nitrogens is 4. The van der Waals surface area contributed by atoms with E-state index >= 15 is 0 Å². The fraction of sp³-hybridized carbons (Fsp3) is 0.267. The van der Waals surface area contributed by atoms with E-state index < -0.39 is 24.4 Å². The van der Waals surface area contributed by atoms with E-state index in [-0.39, 0.29) is 16.9 Å². The maximum absolute atomic E-state index is 13.2. The van der Waals surface area contributed by atoms with Crippen molar-refractivity contribution in [3.63, 3.8) is 0 Å². The number of hydrogen-bond donors (Lipinski definition) is 1. The molecule has 0 atom stereocenters. The van der Waals surface area contributed by atoms with E-state index in [1.165, 1.54) is 4.68 Å². The van der Waals surface area contributed by atoms with Crippen LogP contribution in [-0.4, -0.2) is 19.7 Å². The lowest BCUT2D eigenvalue weighted by molar-refractivity contribution is -0.144. The molecule has 0 aliphatic heterocycles. The molecule has 126 valence electrons. The van der Waals surface area contributed by atoms with Gasteiger partial charge in [0.1, 0.15) is 12.5 Å². The van der Waals surface area contributed by atoms with Crippen LogP contribution in [0.15, 0.2) is 18.2 Å². The van der Waals surface area contributed by atoms with Crippen molar-refractivity contribution in [1.82, 2.24) is 19.7 Å². The molecule has 0 unspecified atom stereocenters. The maximum atomic E-state index is 13.2. The van der Waals surface area contributed by atoms with Gasteiger partial charge in [-0.15, -0.1) is 5.10 Å². The Morgan fingerprint density at radius 1 is 1.17 bits per heavy atom. The van der Waals surface area contributed by atoms with Gasteiger partial charge in [0.2, 0.25) is 5.82 Å². The number of benzene rings is 1. The second kappa shape index (κ2) is 5.43. The number of fused-ring (bicyclic) bond motifs is 1. The van der Waals surface area contributed by atoms with E-state index in [1.807, 2.05) is 26.0 Å². The molecule has 0 amide bonds. The predicted octanol–water partition coefficient (Wildman–Crippen LogP) is 3.50. The van der Waals surface area contributed by atoms with Crippen LogP contribution in [0, 0.1) is 13.8 Å². The lowest BCUT2D eigenvalue weighted by Gasteiger charge is -2.08. The summed E-state index contributed by atoms with van der Waals surface area (Å²) in [4.78, 5) is 6.65. The molecule has 2 heterocycles. The minimum atomic E-state index is -4.80. The molecule has 0 saturated carbocycles. The molecule has 0 radical (unpaired) electrons. The first-order valence-corrected chi connectivity index (χ1v) is 6.98. The van der Waals surface area contributed by atoms with Crippen LogP contribution >= 0.6 is 0 Å². The topological polar surface area (TPSA) is 69.6 Å². The Hall–Kier alpha value is -2.71. The predicted molar refractivity (Wildman–Crippen MR) is 80.4 cm³/mol. The Morgan fingerprint density at radius 2 is 1.88 bits per heavy atom. The number of nitrogen functional groups attached to an aromatic ring is 1. The smallest absolute Gasteiger partial charge is 0.383 e. The quantitative estimate of drug-likeness (QED) is 0.726. The number of anilines is 1. The van der Waals surface area contributed by atoms with Crippen molar-refractivity contribution in [2.24, 2.45) is 0 Å². The van der Waals surface area contributed by atoms with E-state index in [0.717, 1.165) is 11.1 Å². The molecule has 0 fully saturated rings. The van der Waals surface area contributed by atoms with Gasteiger partial charge in [-0.1, -0.05) is 17.7 Å². The number of nitrogens with two attached hydrogens (primary N) is 1. The average molecular weight is 339 g/mol. The average Bonchev–Trinajstić information content (AvgIpc) is 2.82. The van der Waals surface area contributed by atoms with Gasteiger partial charge in [0.25, 0.3) is 0 Å². The largest absolute Gasteiger partial charge is 0.451 e. The van der Waals surface area contributed by atoms with Crippen molar-refractivity contribution in [1.29, 1.82) is 0 Å². The number of rotatable bonds is 2. The summed E-state index contributed by atoms with van der Waals surface area (Å²) in [6.07, 6.45) is -4.80. The minimum absolute atomic E-state index is 0.00155. The van der Waals surface area contributed by atoms with Gasteiger partial charge < -0.3 is 5.73 Å². The first kappa shape index (κ1) is 16.2. The molecule has 3 rings (SSSR count). The molecule has 3 aromatic rings. The number of alkyl halides is 4. The van der Waals surface area contributed by atoms with Crippen LogP contribution in [0.5, 0.6) is 0 Å². The van der Waals surface area contributed by atoms with Gasteiger partial charge >= 0.3 is 6.18 Å². The highest BCUT2D eigenvalue weighted by Gasteiger charge is 2.36. The van der Waals surface area contributed by atoms with Crippen molar-refractivity contribution in [2.75, 3.05) is 5.73 Å². The zero-order valence-corrected chi connectivity index (χ0v) is 12.8. The van der Waals surface area contributed by atoms with Crippen LogP contribution in [0.4, 0.5) is 23.4 Å². The van der Waals surface area contributed by atoms with Crippen molar-refractivity contribution in [3.8, 4) is 5.69 Å². The molecule has 2 aromatic heterocycles. The highest BCUT2D eigenvalue weighted by Crippen LogP contribution is 2.32. The molecule has 24 heavy (non-hydrogen) atoms. The lowest BCUT2D eigenvalue weighted by atomic mass is 10.1. The van der Waals surface area contributed by atoms with Crippen molar-refractivity contribution in [2.45, 2.75) is 26.7 Å². The van der Waals surface area contributed by atoms with Crippen molar-refractivity contribution < 1.29 is 17.6 Å². The second-order valence-corrected chi connectivity index (χ2v) is 5.41. The Bertz CT molecular complexity index is 930. The van der Waals surface area contributed by atoms with Gasteiger partial charge in [0.05, 0.1) is 16.8 Å². The summed E-state index contributed by atoms with van der Waals surface area (Å²) < 4.78 is 53.0. The molecule has 0 saturated heterocycles. The second-order valence-electron chi connectivity index (χ2n) is 5.41. The third-order valence-electron chi connectivity index (χ3n) is 3.60. The fourth-order valence-electron chi connectivity index (χ4n) is 2.53. The van der Waals surface area contributed by atoms with Crippen LogP contribution < -0.4 is 5.73 Å². The normalized spacial score (nSPS) is 12.1. The fourth-order valence-corrected chi connectivity index (χ4v) is 2.53. The number of halogens is 4. The number of aryl methyl sites for hydroxylation is 2. The van der Waals surface area contributed by atoms with E-state index in [4.69, 9.17) is 5.73 Å². The summed E-state index contributed by atoms with van der Waals surface area (Å²) in [5.74, 6) is -1.44. The summed E-state index contributed by atoms with van der Waals surface area (Å²) in [6.45, 7) is 2.52. The van der Waals surface area contributed by atoms with Crippen LogP contribution in [0.2, 0.25) is 0 Å². The molecule has 0 aliphatic carbocycles. The van der Waals surface area contributed by atoms with Crippen LogP contribution in [0.3, 0.4) is 0 Å². The van der Waals surface area contributed by atoms with E-state index in [9.17, 15) is 17.6 Å². The number of nitrogens with zero attached hydrogens (tertiary/aromatic N) is 4. The Kier molecular flexibility index (Phi) is 3.66. The van der Waals surface area contributed by atoms with Crippen LogP contribution in [0.25, 0.3) is 16.7 Å². The lowest BCUT2D eigenvalue weighted by Crippen LogP contribution is -2.12. The highest BCUT2D eigenvalue weighted by atomic mass is 19.4. The molecular weight excluding hydrogens is 326 g/mol. The van der Waals surface area contributed by atoms with E-state index in [2.05, 4.69) is 15.1 Å². The van der Waals surface area contributed by atoms with E-state index in [0.29, 0.717) is 5.69 Å². The monoisotopic (exact) mass is 339 g/mol. The molecule has 0 aliphatic rings. The zero-order valence-electron chi connectivity index (χ0n) is 12.8. The summed E-state index contributed by atoms with van der Waals surface area (Å²) in [5.41, 5.74) is 7.67. The SMILES string of the molecule is Cc1ccc(-n2nc3nc(C(F)(F)F)nc(CF)c3c2N)c(C)c1. The standard InChI is InChI=1S/C15H13F4N5/c1-7-3-4-10(8(2)5-7)24-12(20)11-9(6-16)21-14(15(17,18)19)22-13(11)23-24/h3-5H,6,20H2,1-2H3. The first-order chi connectivity index (χ1) is 11.2. The van der Waals surface area contributed by atoms with Gasteiger partial charge in [0.15, 0.2) is 5.65 Å². The number of hydrogen-bond acceptors (Lipinski definition) is 4. The Labute approximate surface area is 134 Å². The van der Waals surface area contributed by atoms with Crippen molar-refractivity contribution >= 4 is 16.9 Å². The summed E-state index contributed by atoms with van der Waals surface area (Å²) >= 11 is 0. The summed E-state index contributed by atoms with van der Waals surface area (Å²) in [7, 11) is 0. The molecule has 0 bridgehead atoms. The molecule has 2 N–H and O–H groups in total. The molecule has 5 nitrogen and oxygen atoms in total. The maximum Gasteiger partial charge on any atom is 0.451 e. The van der Waals surface area contributed by atoms with E-state index in [1.54, 1.807) is 6.07 Å². The first-order valence-electron chi connectivity index (χ1n) is 6.98. The van der Waals surface area contributed by atoms with Gasteiger partial charge in [-0.05, 0) is 25.5 Å². The Morgan fingerprint density at radius 3 is 2.46 bits per heavy atom. The molecule has 9 heteroatoms. The van der Waals surface area contributed by atoms with Crippen LogP contribution in [-0.2, 0) is 12.9 Å². The minimum Gasteiger partial charge on any atom is -0.383 e. The zero-order chi connectivity index (χ0) is 17.6. The van der Waals surface area contributed by atoms with Gasteiger partial charge in [-0.2, -0.15) is 13.2 Å². The molecular formula is C15H13F4N5.